The average molecular weight is 386 g/mol. The SMILES string of the molecule is Clc1cc(N2CCN(Cc3csc(Cc4ccccc4)n3)CC2)ncn1. The summed E-state index contributed by atoms with van der Waals surface area (Å²) < 4.78 is 0. The molecule has 1 fully saturated rings. The number of thiazole rings is 1. The Labute approximate surface area is 162 Å². The molecule has 2 aromatic heterocycles. The molecule has 1 aliphatic heterocycles. The van der Waals surface area contributed by atoms with E-state index in [0.717, 1.165) is 45.0 Å². The maximum Gasteiger partial charge on any atom is 0.134 e. The quantitative estimate of drug-likeness (QED) is 0.629. The number of rotatable bonds is 5. The number of halogens is 1. The third-order valence-electron chi connectivity index (χ3n) is 4.50. The van der Waals surface area contributed by atoms with Gasteiger partial charge in [-0.1, -0.05) is 41.9 Å². The van der Waals surface area contributed by atoms with Crippen molar-refractivity contribution in [2.45, 2.75) is 13.0 Å². The molecule has 1 aliphatic rings. The first-order chi connectivity index (χ1) is 12.8. The fourth-order valence-corrected chi connectivity index (χ4v) is 4.10. The van der Waals surface area contributed by atoms with E-state index in [0.29, 0.717) is 5.15 Å². The molecule has 0 saturated carbocycles. The smallest absolute Gasteiger partial charge is 0.134 e. The van der Waals surface area contributed by atoms with Crippen molar-refractivity contribution in [3.05, 3.63) is 69.5 Å². The van der Waals surface area contributed by atoms with Crippen LogP contribution in [0, 0.1) is 0 Å². The minimum absolute atomic E-state index is 0.492. The molecule has 0 radical (unpaired) electrons. The fraction of sp³-hybridized carbons (Fsp3) is 0.316. The normalized spacial score (nSPS) is 15.3. The monoisotopic (exact) mass is 385 g/mol. The van der Waals surface area contributed by atoms with Crippen molar-refractivity contribution in [3.63, 3.8) is 0 Å². The van der Waals surface area contributed by atoms with E-state index in [9.17, 15) is 0 Å². The van der Waals surface area contributed by atoms with Crippen molar-refractivity contribution in [2.75, 3.05) is 31.1 Å². The summed E-state index contributed by atoms with van der Waals surface area (Å²) in [6.07, 6.45) is 2.43. The van der Waals surface area contributed by atoms with Gasteiger partial charge in [0.1, 0.15) is 17.3 Å². The first kappa shape index (κ1) is 17.4. The Balaban J connectivity index is 1.31. The number of benzene rings is 1. The summed E-state index contributed by atoms with van der Waals surface area (Å²) in [5.41, 5.74) is 2.48. The molecule has 4 rings (SSSR count). The van der Waals surface area contributed by atoms with E-state index >= 15 is 0 Å². The number of aromatic nitrogens is 3. The van der Waals surface area contributed by atoms with Gasteiger partial charge in [0.25, 0.3) is 0 Å². The Kier molecular flexibility index (Phi) is 5.43. The molecule has 7 heteroatoms. The molecule has 26 heavy (non-hydrogen) atoms. The van der Waals surface area contributed by atoms with Gasteiger partial charge < -0.3 is 4.90 Å². The minimum Gasteiger partial charge on any atom is -0.354 e. The molecule has 0 amide bonds. The zero-order valence-electron chi connectivity index (χ0n) is 14.4. The second-order valence-electron chi connectivity index (χ2n) is 6.36. The molecular formula is C19H20ClN5S. The molecule has 1 aromatic carbocycles. The molecule has 134 valence electrons. The lowest BCUT2D eigenvalue weighted by molar-refractivity contribution is 0.247. The van der Waals surface area contributed by atoms with Crippen molar-refractivity contribution < 1.29 is 0 Å². The Morgan fingerprint density at radius 3 is 2.62 bits per heavy atom. The molecule has 3 aromatic rings. The van der Waals surface area contributed by atoms with Crippen LogP contribution in [0.1, 0.15) is 16.3 Å². The van der Waals surface area contributed by atoms with Crippen molar-refractivity contribution in [3.8, 4) is 0 Å². The van der Waals surface area contributed by atoms with Crippen molar-refractivity contribution in [2.24, 2.45) is 0 Å². The summed E-state index contributed by atoms with van der Waals surface area (Å²) in [4.78, 5) is 17.8. The highest BCUT2D eigenvalue weighted by molar-refractivity contribution is 7.09. The minimum atomic E-state index is 0.492. The van der Waals surface area contributed by atoms with Crippen LogP contribution in [0.4, 0.5) is 5.82 Å². The fourth-order valence-electron chi connectivity index (χ4n) is 3.13. The van der Waals surface area contributed by atoms with Crippen molar-refractivity contribution in [1.82, 2.24) is 19.9 Å². The van der Waals surface area contributed by atoms with Crippen LogP contribution in [0.5, 0.6) is 0 Å². The molecule has 0 spiro atoms. The van der Waals surface area contributed by atoms with Crippen molar-refractivity contribution >= 4 is 28.8 Å². The van der Waals surface area contributed by atoms with Gasteiger partial charge >= 0.3 is 0 Å². The molecular weight excluding hydrogens is 366 g/mol. The van der Waals surface area contributed by atoms with E-state index in [4.69, 9.17) is 16.6 Å². The van der Waals surface area contributed by atoms with Gasteiger partial charge in [0.05, 0.1) is 10.7 Å². The van der Waals surface area contributed by atoms with Gasteiger partial charge in [-0.15, -0.1) is 11.3 Å². The number of nitrogens with zero attached hydrogens (tertiary/aromatic N) is 5. The molecule has 0 N–H and O–H groups in total. The maximum absolute atomic E-state index is 5.97. The van der Waals surface area contributed by atoms with Gasteiger partial charge in [-0.25, -0.2) is 15.0 Å². The molecule has 0 aliphatic carbocycles. The largest absolute Gasteiger partial charge is 0.354 e. The van der Waals surface area contributed by atoms with Crippen LogP contribution in [-0.2, 0) is 13.0 Å². The Hall–Kier alpha value is -2.02. The lowest BCUT2D eigenvalue weighted by Gasteiger charge is -2.35. The van der Waals surface area contributed by atoms with Gasteiger partial charge in [0.2, 0.25) is 0 Å². The zero-order chi connectivity index (χ0) is 17.8. The van der Waals surface area contributed by atoms with Crippen LogP contribution >= 0.6 is 22.9 Å². The molecule has 5 nitrogen and oxygen atoms in total. The molecule has 0 atom stereocenters. The Morgan fingerprint density at radius 1 is 1.04 bits per heavy atom. The molecule has 0 unspecified atom stereocenters. The maximum atomic E-state index is 5.97. The third-order valence-corrected chi connectivity index (χ3v) is 5.60. The summed E-state index contributed by atoms with van der Waals surface area (Å²) >= 11 is 7.72. The summed E-state index contributed by atoms with van der Waals surface area (Å²) in [6.45, 7) is 4.77. The van der Waals surface area contributed by atoms with Crippen LogP contribution in [-0.4, -0.2) is 46.0 Å². The second kappa shape index (κ2) is 8.12. The van der Waals surface area contributed by atoms with Crippen LogP contribution in [0.3, 0.4) is 0 Å². The highest BCUT2D eigenvalue weighted by Crippen LogP contribution is 2.19. The highest BCUT2D eigenvalue weighted by atomic mass is 35.5. The van der Waals surface area contributed by atoms with E-state index < -0.39 is 0 Å². The van der Waals surface area contributed by atoms with E-state index in [2.05, 4.69) is 49.4 Å². The summed E-state index contributed by atoms with van der Waals surface area (Å²) in [7, 11) is 0. The van der Waals surface area contributed by atoms with Crippen molar-refractivity contribution in [1.29, 1.82) is 0 Å². The highest BCUT2D eigenvalue weighted by Gasteiger charge is 2.19. The standard InChI is InChI=1S/C19H20ClN5S/c20-17-11-18(22-14-21-17)25-8-6-24(7-9-25)12-16-13-26-19(23-16)10-15-4-2-1-3-5-15/h1-5,11,13-14H,6-10,12H2. The summed E-state index contributed by atoms with van der Waals surface area (Å²) in [5.74, 6) is 0.906. The van der Waals surface area contributed by atoms with Crippen LogP contribution < -0.4 is 4.90 Å². The van der Waals surface area contributed by atoms with Gasteiger partial charge in [0.15, 0.2) is 0 Å². The molecule has 0 bridgehead atoms. The topological polar surface area (TPSA) is 45.2 Å². The van der Waals surface area contributed by atoms with Gasteiger partial charge in [-0.3, -0.25) is 4.90 Å². The lowest BCUT2D eigenvalue weighted by Crippen LogP contribution is -2.46. The summed E-state index contributed by atoms with van der Waals surface area (Å²) in [5, 5.41) is 3.86. The number of piperazine rings is 1. The van der Waals surface area contributed by atoms with Gasteiger partial charge in [-0.05, 0) is 5.56 Å². The van der Waals surface area contributed by atoms with Gasteiger partial charge in [-0.2, -0.15) is 0 Å². The van der Waals surface area contributed by atoms with Crippen LogP contribution in [0.2, 0.25) is 5.15 Å². The molecule has 3 heterocycles. The average Bonchev–Trinajstić information content (AvgIpc) is 3.10. The predicted molar refractivity (Wildman–Crippen MR) is 106 cm³/mol. The van der Waals surface area contributed by atoms with Crippen LogP contribution in [0.15, 0.2) is 48.1 Å². The van der Waals surface area contributed by atoms with Gasteiger partial charge in [0, 0.05) is 50.6 Å². The Bertz CT molecular complexity index is 846. The van der Waals surface area contributed by atoms with E-state index in [1.165, 1.54) is 22.6 Å². The van der Waals surface area contributed by atoms with E-state index in [1.54, 1.807) is 11.3 Å². The van der Waals surface area contributed by atoms with Crippen LogP contribution in [0.25, 0.3) is 0 Å². The zero-order valence-corrected chi connectivity index (χ0v) is 16.0. The summed E-state index contributed by atoms with van der Waals surface area (Å²) in [6, 6.07) is 12.3. The first-order valence-corrected chi connectivity index (χ1v) is 9.94. The molecule has 1 saturated heterocycles. The first-order valence-electron chi connectivity index (χ1n) is 8.68. The predicted octanol–water partition coefficient (Wildman–Crippen LogP) is 3.50. The van der Waals surface area contributed by atoms with E-state index in [1.807, 2.05) is 12.1 Å². The van der Waals surface area contributed by atoms with E-state index in [-0.39, 0.29) is 0 Å². The number of anilines is 1. The number of hydrogen-bond donors (Lipinski definition) is 0. The second-order valence-corrected chi connectivity index (χ2v) is 7.69. The lowest BCUT2D eigenvalue weighted by atomic mass is 10.2. The number of hydrogen-bond acceptors (Lipinski definition) is 6. The third kappa shape index (κ3) is 4.38. The Morgan fingerprint density at radius 2 is 1.85 bits per heavy atom.